The molecular formula is C13H19N3O3S. The fraction of sp³-hybridized carbons (Fsp3) is 0.615. The van der Waals surface area contributed by atoms with E-state index >= 15 is 0 Å². The third-order valence-electron chi connectivity index (χ3n) is 3.68. The van der Waals surface area contributed by atoms with Crippen LogP contribution in [0.2, 0.25) is 0 Å². The van der Waals surface area contributed by atoms with Crippen LogP contribution in [0.1, 0.15) is 42.7 Å². The predicted octanol–water partition coefficient (Wildman–Crippen LogP) is 2.67. The number of carboxylic acids is 1. The van der Waals surface area contributed by atoms with Gasteiger partial charge in [0, 0.05) is 4.88 Å². The molecule has 0 atom stereocenters. The van der Waals surface area contributed by atoms with Gasteiger partial charge in [0.1, 0.15) is 0 Å². The van der Waals surface area contributed by atoms with Crippen LogP contribution in [-0.4, -0.2) is 27.6 Å². The third-order valence-corrected chi connectivity index (χ3v) is 4.67. The third kappa shape index (κ3) is 3.47. The summed E-state index contributed by atoms with van der Waals surface area (Å²) in [7, 11) is 0. The summed E-state index contributed by atoms with van der Waals surface area (Å²) < 4.78 is 0. The first-order valence-electron chi connectivity index (χ1n) is 6.65. The summed E-state index contributed by atoms with van der Waals surface area (Å²) in [5, 5.41) is 15.1. The monoisotopic (exact) mass is 297 g/mol. The molecule has 0 radical (unpaired) electrons. The van der Waals surface area contributed by atoms with Crippen molar-refractivity contribution in [2.24, 2.45) is 0 Å². The molecular weight excluding hydrogens is 278 g/mol. The molecule has 6 nitrogen and oxygen atoms in total. The lowest BCUT2D eigenvalue weighted by Crippen LogP contribution is -2.49. The first kappa shape index (κ1) is 14.8. The number of amides is 2. The molecule has 0 saturated heterocycles. The second-order valence-corrected chi connectivity index (χ2v) is 6.50. The molecule has 0 aromatic carbocycles. The van der Waals surface area contributed by atoms with Crippen molar-refractivity contribution in [3.05, 3.63) is 10.6 Å². The van der Waals surface area contributed by atoms with Gasteiger partial charge in [-0.1, -0.05) is 12.8 Å². The highest BCUT2D eigenvalue weighted by Gasteiger charge is 2.37. The minimum absolute atomic E-state index is 0.0314. The van der Waals surface area contributed by atoms with E-state index in [1.807, 2.05) is 13.8 Å². The van der Waals surface area contributed by atoms with E-state index in [2.05, 4.69) is 15.6 Å². The fourth-order valence-corrected chi connectivity index (χ4v) is 3.39. The molecule has 1 aliphatic carbocycles. The van der Waals surface area contributed by atoms with Crippen LogP contribution < -0.4 is 10.6 Å². The highest BCUT2D eigenvalue weighted by Crippen LogP contribution is 2.32. The first-order valence-corrected chi connectivity index (χ1v) is 7.47. The van der Waals surface area contributed by atoms with Crippen molar-refractivity contribution in [3.8, 4) is 0 Å². The maximum Gasteiger partial charge on any atom is 0.321 e. The van der Waals surface area contributed by atoms with E-state index in [4.69, 9.17) is 5.11 Å². The molecule has 1 heterocycles. The first-order chi connectivity index (χ1) is 9.40. The van der Waals surface area contributed by atoms with Crippen LogP contribution in [0, 0.1) is 13.8 Å². The van der Waals surface area contributed by atoms with Gasteiger partial charge in [0.15, 0.2) is 5.13 Å². The second kappa shape index (κ2) is 5.78. The summed E-state index contributed by atoms with van der Waals surface area (Å²) in [6.07, 6.45) is 3.29. The van der Waals surface area contributed by atoms with Crippen LogP contribution in [-0.2, 0) is 4.79 Å². The molecule has 0 aliphatic heterocycles. The van der Waals surface area contributed by atoms with Gasteiger partial charge in [-0.25, -0.2) is 9.78 Å². The molecule has 3 N–H and O–H groups in total. The maximum absolute atomic E-state index is 12.0. The number of aromatic nitrogens is 1. The summed E-state index contributed by atoms with van der Waals surface area (Å²) in [4.78, 5) is 28.3. The number of hydrogen-bond donors (Lipinski definition) is 3. The Labute approximate surface area is 121 Å². The number of nitrogens with one attached hydrogen (secondary N) is 2. The molecule has 0 bridgehead atoms. The molecule has 1 aromatic heterocycles. The van der Waals surface area contributed by atoms with Crippen LogP contribution in [0.25, 0.3) is 0 Å². The van der Waals surface area contributed by atoms with E-state index in [0.29, 0.717) is 18.0 Å². The van der Waals surface area contributed by atoms with E-state index < -0.39 is 11.5 Å². The number of carboxylic acid groups (broad SMARTS) is 1. The van der Waals surface area contributed by atoms with Gasteiger partial charge in [-0.2, -0.15) is 0 Å². The predicted molar refractivity (Wildman–Crippen MR) is 77.2 cm³/mol. The number of aryl methyl sites for hydroxylation is 2. The number of nitrogens with zero attached hydrogens (tertiary/aromatic N) is 1. The minimum Gasteiger partial charge on any atom is -0.481 e. The number of carbonyl (C=O) groups is 2. The van der Waals surface area contributed by atoms with Gasteiger partial charge >= 0.3 is 12.0 Å². The number of carbonyl (C=O) groups excluding carboxylic acids is 1. The molecule has 7 heteroatoms. The zero-order chi connectivity index (χ0) is 14.8. The quantitative estimate of drug-likeness (QED) is 0.796. The van der Waals surface area contributed by atoms with Gasteiger partial charge in [0.05, 0.1) is 17.7 Å². The van der Waals surface area contributed by atoms with Crippen molar-refractivity contribution in [3.63, 3.8) is 0 Å². The largest absolute Gasteiger partial charge is 0.481 e. The van der Waals surface area contributed by atoms with E-state index in [0.717, 1.165) is 23.4 Å². The van der Waals surface area contributed by atoms with Crippen molar-refractivity contribution < 1.29 is 14.7 Å². The number of urea groups is 1. The van der Waals surface area contributed by atoms with Crippen molar-refractivity contribution in [1.29, 1.82) is 0 Å². The van der Waals surface area contributed by atoms with Crippen LogP contribution in [0.15, 0.2) is 0 Å². The average Bonchev–Trinajstić information content (AvgIpc) is 2.86. The zero-order valence-corrected chi connectivity index (χ0v) is 12.5. The molecule has 2 amide bonds. The molecule has 20 heavy (non-hydrogen) atoms. The van der Waals surface area contributed by atoms with Gasteiger partial charge in [-0.3, -0.25) is 10.1 Å². The van der Waals surface area contributed by atoms with E-state index in [-0.39, 0.29) is 12.5 Å². The Morgan fingerprint density at radius 3 is 2.50 bits per heavy atom. The van der Waals surface area contributed by atoms with Crippen LogP contribution in [0.4, 0.5) is 9.93 Å². The Morgan fingerprint density at radius 2 is 2.00 bits per heavy atom. The maximum atomic E-state index is 12.0. The van der Waals surface area contributed by atoms with Gasteiger partial charge in [-0.15, -0.1) is 11.3 Å². The van der Waals surface area contributed by atoms with Gasteiger partial charge in [0.2, 0.25) is 0 Å². The normalized spacial score (nSPS) is 16.9. The van der Waals surface area contributed by atoms with Crippen molar-refractivity contribution >= 4 is 28.5 Å². The smallest absolute Gasteiger partial charge is 0.321 e. The topological polar surface area (TPSA) is 91.3 Å². The van der Waals surface area contributed by atoms with Crippen molar-refractivity contribution in [1.82, 2.24) is 10.3 Å². The number of thiazole rings is 1. The highest BCUT2D eigenvalue weighted by molar-refractivity contribution is 7.15. The average molecular weight is 297 g/mol. The Kier molecular flexibility index (Phi) is 4.27. The molecule has 1 fully saturated rings. The molecule has 0 unspecified atom stereocenters. The summed E-state index contributed by atoms with van der Waals surface area (Å²) in [6, 6.07) is -0.373. The minimum atomic E-state index is -0.881. The molecule has 1 aromatic rings. The van der Waals surface area contributed by atoms with Gasteiger partial charge < -0.3 is 10.4 Å². The summed E-state index contributed by atoms with van der Waals surface area (Å²) in [5.74, 6) is -0.881. The molecule has 0 spiro atoms. The SMILES string of the molecule is Cc1nc(NC(=O)NC2(CC(=O)O)CCCC2)sc1C. The lowest BCUT2D eigenvalue weighted by atomic mass is 9.93. The van der Waals surface area contributed by atoms with Gasteiger partial charge in [-0.05, 0) is 26.7 Å². The summed E-state index contributed by atoms with van der Waals surface area (Å²) in [5.41, 5.74) is 0.281. The van der Waals surface area contributed by atoms with Crippen LogP contribution in [0.5, 0.6) is 0 Å². The molecule has 1 saturated carbocycles. The number of hydrogen-bond acceptors (Lipinski definition) is 4. The Morgan fingerprint density at radius 1 is 1.35 bits per heavy atom. The lowest BCUT2D eigenvalue weighted by molar-refractivity contribution is -0.138. The Hall–Kier alpha value is -1.63. The van der Waals surface area contributed by atoms with E-state index in [9.17, 15) is 9.59 Å². The molecule has 1 aliphatic rings. The number of aliphatic carboxylic acids is 1. The molecule has 2 rings (SSSR count). The standard InChI is InChI=1S/C13H19N3O3S/c1-8-9(2)20-12(14-8)15-11(19)16-13(7-10(17)18)5-3-4-6-13/h3-7H2,1-2H3,(H,17,18)(H2,14,15,16,19). The van der Waals surface area contributed by atoms with Crippen molar-refractivity contribution in [2.45, 2.75) is 51.5 Å². The Bertz CT molecular complexity index is 501. The van der Waals surface area contributed by atoms with E-state index in [1.165, 1.54) is 11.3 Å². The lowest BCUT2D eigenvalue weighted by Gasteiger charge is -2.28. The second-order valence-electron chi connectivity index (χ2n) is 5.30. The fourth-order valence-electron chi connectivity index (χ4n) is 2.58. The Balaban J connectivity index is 2.00. The van der Waals surface area contributed by atoms with Crippen molar-refractivity contribution in [2.75, 3.05) is 5.32 Å². The zero-order valence-electron chi connectivity index (χ0n) is 11.7. The summed E-state index contributed by atoms with van der Waals surface area (Å²) in [6.45, 7) is 3.83. The summed E-state index contributed by atoms with van der Waals surface area (Å²) >= 11 is 1.41. The van der Waals surface area contributed by atoms with E-state index in [1.54, 1.807) is 0 Å². The van der Waals surface area contributed by atoms with Gasteiger partial charge in [0.25, 0.3) is 0 Å². The van der Waals surface area contributed by atoms with Crippen LogP contribution in [0.3, 0.4) is 0 Å². The van der Waals surface area contributed by atoms with Crippen LogP contribution >= 0.6 is 11.3 Å². The number of rotatable bonds is 4. The highest BCUT2D eigenvalue weighted by atomic mass is 32.1. The number of anilines is 1. The molecule has 110 valence electrons.